The van der Waals surface area contributed by atoms with Crippen LogP contribution in [0.25, 0.3) is 11.0 Å². The number of ether oxygens (including phenoxy) is 1. The summed E-state index contributed by atoms with van der Waals surface area (Å²) in [6, 6.07) is 7.97. The zero-order chi connectivity index (χ0) is 17.4. The van der Waals surface area contributed by atoms with Crippen molar-refractivity contribution < 1.29 is 9.53 Å². The van der Waals surface area contributed by atoms with Crippen molar-refractivity contribution in [3.8, 4) is 0 Å². The van der Waals surface area contributed by atoms with Crippen LogP contribution >= 0.6 is 11.8 Å². The van der Waals surface area contributed by atoms with Crippen molar-refractivity contribution in [3.05, 3.63) is 24.3 Å². The van der Waals surface area contributed by atoms with E-state index >= 15 is 0 Å². The Balaban J connectivity index is 2.10. The van der Waals surface area contributed by atoms with Crippen molar-refractivity contribution >= 4 is 28.8 Å². The molecular weight excluding hydrogens is 320 g/mol. The molecule has 24 heavy (non-hydrogen) atoms. The van der Waals surface area contributed by atoms with E-state index in [1.54, 1.807) is 11.8 Å². The monoisotopic (exact) mass is 348 g/mol. The minimum Gasteiger partial charge on any atom is -0.461 e. The lowest BCUT2D eigenvalue weighted by molar-refractivity contribution is -0.149. The second-order valence-electron chi connectivity index (χ2n) is 6.09. The van der Waals surface area contributed by atoms with Crippen molar-refractivity contribution in [1.29, 1.82) is 0 Å². The molecule has 1 heterocycles. The summed E-state index contributed by atoms with van der Waals surface area (Å²) in [5.41, 5.74) is 1.93. The highest BCUT2D eigenvalue weighted by molar-refractivity contribution is 7.99. The van der Waals surface area contributed by atoms with Gasteiger partial charge in [-0.3, -0.25) is 4.79 Å². The fourth-order valence-electron chi connectivity index (χ4n) is 2.48. The zero-order valence-corrected chi connectivity index (χ0v) is 15.8. The molecule has 0 saturated carbocycles. The number of thioether (sulfide) groups is 1. The number of rotatable bonds is 10. The van der Waals surface area contributed by atoms with Gasteiger partial charge >= 0.3 is 5.97 Å². The maximum Gasteiger partial charge on any atom is 0.326 e. The summed E-state index contributed by atoms with van der Waals surface area (Å²) in [6.07, 6.45) is 5.73. The van der Waals surface area contributed by atoms with Gasteiger partial charge in [-0.25, -0.2) is 4.98 Å². The third-order valence-corrected chi connectivity index (χ3v) is 5.11. The molecule has 0 radical (unpaired) electrons. The molecule has 1 unspecified atom stereocenters. The van der Waals surface area contributed by atoms with Gasteiger partial charge in [-0.05, 0) is 31.9 Å². The van der Waals surface area contributed by atoms with Crippen molar-refractivity contribution in [1.82, 2.24) is 9.55 Å². The maximum absolute atomic E-state index is 12.2. The van der Waals surface area contributed by atoms with Gasteiger partial charge in [0, 0.05) is 5.75 Å². The number of carbonyl (C=O) groups is 1. The second-order valence-corrected chi connectivity index (χ2v) is 7.15. The van der Waals surface area contributed by atoms with Gasteiger partial charge in [-0.2, -0.15) is 0 Å². The fraction of sp³-hybridized carbons (Fsp3) is 0.579. The van der Waals surface area contributed by atoms with Gasteiger partial charge in [0.1, 0.15) is 6.54 Å². The first-order chi connectivity index (χ1) is 11.7. The summed E-state index contributed by atoms with van der Waals surface area (Å²) >= 11 is 1.73. The molecule has 0 aliphatic rings. The molecule has 2 rings (SSSR count). The lowest BCUT2D eigenvalue weighted by Gasteiger charge is -2.13. The summed E-state index contributed by atoms with van der Waals surface area (Å²) < 4.78 is 7.43. The lowest BCUT2D eigenvalue weighted by atomic mass is 10.2. The third-order valence-electron chi connectivity index (χ3n) is 4.04. The van der Waals surface area contributed by atoms with E-state index in [0.29, 0.717) is 0 Å². The average Bonchev–Trinajstić information content (AvgIpc) is 2.92. The predicted molar refractivity (Wildman–Crippen MR) is 100 cm³/mol. The van der Waals surface area contributed by atoms with Crippen LogP contribution in [0.5, 0.6) is 0 Å². The van der Waals surface area contributed by atoms with Crippen molar-refractivity contribution in [3.63, 3.8) is 0 Å². The van der Waals surface area contributed by atoms with E-state index in [9.17, 15) is 4.79 Å². The molecule has 2 aromatic rings. The number of benzene rings is 1. The van der Waals surface area contributed by atoms with E-state index in [0.717, 1.165) is 28.4 Å². The molecule has 0 saturated heterocycles. The van der Waals surface area contributed by atoms with Crippen LogP contribution in [0.15, 0.2) is 29.4 Å². The molecule has 1 aromatic heterocycles. The van der Waals surface area contributed by atoms with Crippen LogP contribution in [0.2, 0.25) is 0 Å². The summed E-state index contributed by atoms with van der Waals surface area (Å²) in [5, 5.41) is 0.911. The van der Waals surface area contributed by atoms with Gasteiger partial charge < -0.3 is 9.30 Å². The summed E-state index contributed by atoms with van der Waals surface area (Å²) in [5.74, 6) is 0.837. The van der Waals surface area contributed by atoms with Gasteiger partial charge in [-0.1, -0.05) is 57.0 Å². The summed E-state index contributed by atoms with van der Waals surface area (Å²) in [4.78, 5) is 16.9. The number of aromatic nitrogens is 2. The number of para-hydroxylation sites is 2. The number of nitrogens with zero attached hydrogens (tertiary/aromatic N) is 2. The van der Waals surface area contributed by atoms with Crippen molar-refractivity contribution in [2.45, 2.75) is 70.7 Å². The second kappa shape index (κ2) is 9.72. The van der Waals surface area contributed by atoms with Crippen LogP contribution < -0.4 is 0 Å². The topological polar surface area (TPSA) is 44.1 Å². The lowest BCUT2D eigenvalue weighted by Crippen LogP contribution is -2.19. The Morgan fingerprint density at radius 1 is 1.25 bits per heavy atom. The van der Waals surface area contributed by atoms with Crippen LogP contribution in [-0.2, 0) is 16.1 Å². The molecule has 0 spiro atoms. The number of esters is 1. The van der Waals surface area contributed by atoms with Crippen LogP contribution in [0.3, 0.4) is 0 Å². The highest BCUT2D eigenvalue weighted by Gasteiger charge is 2.16. The highest BCUT2D eigenvalue weighted by Crippen LogP contribution is 2.25. The normalized spacial score (nSPS) is 12.5. The molecular formula is C19H28N2O2S. The molecule has 0 amide bonds. The summed E-state index contributed by atoms with van der Waals surface area (Å²) in [6.45, 7) is 6.38. The number of fused-ring (bicyclic) bond motifs is 1. The Bertz CT molecular complexity index is 654. The Hall–Kier alpha value is -1.49. The first-order valence-electron chi connectivity index (χ1n) is 8.93. The van der Waals surface area contributed by atoms with E-state index < -0.39 is 0 Å². The number of imidazole rings is 1. The van der Waals surface area contributed by atoms with Crippen molar-refractivity contribution in [2.75, 3.05) is 5.75 Å². The number of hydrogen-bond donors (Lipinski definition) is 0. The molecule has 0 bridgehead atoms. The maximum atomic E-state index is 12.2. The SMILES string of the molecule is CCCCCCSc1nc2ccccc2n1CC(=O)OC(C)CC. The number of unbranched alkanes of at least 4 members (excludes halogenated alkanes) is 3. The largest absolute Gasteiger partial charge is 0.461 e. The fourth-order valence-corrected chi connectivity index (χ4v) is 3.50. The van der Waals surface area contributed by atoms with Crippen LogP contribution in [0.4, 0.5) is 0 Å². The van der Waals surface area contributed by atoms with E-state index in [1.165, 1.54) is 25.7 Å². The Morgan fingerprint density at radius 2 is 2.04 bits per heavy atom. The van der Waals surface area contributed by atoms with E-state index in [1.807, 2.05) is 42.7 Å². The Kier molecular flexibility index (Phi) is 7.63. The van der Waals surface area contributed by atoms with Gasteiger partial charge in [-0.15, -0.1) is 0 Å². The Morgan fingerprint density at radius 3 is 2.79 bits per heavy atom. The summed E-state index contributed by atoms with van der Waals surface area (Å²) in [7, 11) is 0. The van der Waals surface area contributed by atoms with Gasteiger partial charge in [0.2, 0.25) is 0 Å². The van der Waals surface area contributed by atoms with Crippen LogP contribution in [0.1, 0.15) is 52.9 Å². The van der Waals surface area contributed by atoms with Crippen LogP contribution in [0, 0.1) is 0 Å². The minimum atomic E-state index is -0.194. The molecule has 0 fully saturated rings. The van der Waals surface area contributed by atoms with Gasteiger partial charge in [0.05, 0.1) is 17.1 Å². The number of carbonyl (C=O) groups excluding carboxylic acids is 1. The Labute approximate surface area is 149 Å². The highest BCUT2D eigenvalue weighted by atomic mass is 32.2. The standard InChI is InChI=1S/C19H28N2O2S/c1-4-6-7-10-13-24-19-20-16-11-8-9-12-17(16)21(19)14-18(22)23-15(3)5-2/h8-9,11-12,15H,4-7,10,13-14H2,1-3H3. The molecule has 4 nitrogen and oxygen atoms in total. The quantitative estimate of drug-likeness (QED) is 0.342. The molecule has 132 valence electrons. The van der Waals surface area contributed by atoms with E-state index in [4.69, 9.17) is 9.72 Å². The molecule has 1 aromatic carbocycles. The first kappa shape index (κ1) is 18.8. The van der Waals surface area contributed by atoms with Crippen LogP contribution in [-0.4, -0.2) is 27.4 Å². The van der Waals surface area contributed by atoms with Crippen molar-refractivity contribution in [2.24, 2.45) is 0 Å². The van der Waals surface area contributed by atoms with Gasteiger partial charge in [0.25, 0.3) is 0 Å². The first-order valence-corrected chi connectivity index (χ1v) is 9.91. The molecule has 5 heteroatoms. The molecule has 0 aliphatic heterocycles. The van der Waals surface area contributed by atoms with E-state index in [2.05, 4.69) is 6.92 Å². The number of hydrogen-bond acceptors (Lipinski definition) is 4. The third kappa shape index (κ3) is 5.26. The average molecular weight is 349 g/mol. The molecule has 0 aliphatic carbocycles. The van der Waals surface area contributed by atoms with Gasteiger partial charge in [0.15, 0.2) is 5.16 Å². The smallest absolute Gasteiger partial charge is 0.326 e. The zero-order valence-electron chi connectivity index (χ0n) is 15.0. The molecule has 1 atom stereocenters. The molecule has 0 N–H and O–H groups in total. The predicted octanol–water partition coefficient (Wildman–Crippen LogP) is 5.05. The van der Waals surface area contributed by atoms with E-state index in [-0.39, 0.29) is 18.6 Å². The minimum absolute atomic E-state index is 0.0440.